The van der Waals surface area contributed by atoms with Crippen LogP contribution in [0.5, 0.6) is 0 Å². The Hall–Kier alpha value is -1.60. The van der Waals surface area contributed by atoms with Crippen LogP contribution >= 0.6 is 0 Å². The SMILES string of the molecule is CCCCC1CCC(NC(=O)c2ccccn2)C(C#C[Si](C(C)C)(C(C)C)C(C)C)C1. The van der Waals surface area contributed by atoms with Crippen LogP contribution in [0.15, 0.2) is 24.4 Å². The van der Waals surface area contributed by atoms with Gasteiger partial charge in [0.1, 0.15) is 13.8 Å². The fraction of sp³-hybridized carbons (Fsp3) is 0.704. The molecule has 1 fully saturated rings. The highest BCUT2D eigenvalue weighted by Crippen LogP contribution is 2.41. The quantitative estimate of drug-likeness (QED) is 0.349. The Morgan fingerprint density at radius 2 is 1.81 bits per heavy atom. The molecular weight excluding hydrogens is 396 g/mol. The molecule has 3 unspecified atom stereocenters. The lowest BCUT2D eigenvalue weighted by atomic mass is 9.76. The summed E-state index contributed by atoms with van der Waals surface area (Å²) in [5.41, 5.74) is 6.32. The standard InChI is InChI=1S/C27H44N2OSi/c1-8-9-12-23-14-15-25(29-27(30)26-13-10-11-17-28-26)24(19-23)16-18-31(20(2)3,21(4)5)22(6)7/h10-11,13,17,20-25H,8-9,12,14-15,19H2,1-7H3,(H,29,30). The van der Waals surface area contributed by atoms with Gasteiger partial charge in [0, 0.05) is 18.2 Å². The highest BCUT2D eigenvalue weighted by molar-refractivity contribution is 6.90. The summed E-state index contributed by atoms with van der Waals surface area (Å²) in [6, 6.07) is 5.63. The number of nitrogens with one attached hydrogen (secondary N) is 1. The zero-order valence-electron chi connectivity index (χ0n) is 20.9. The van der Waals surface area contributed by atoms with Crippen molar-refractivity contribution in [2.45, 2.75) is 110 Å². The summed E-state index contributed by atoms with van der Waals surface area (Å²) in [5.74, 6) is 4.71. The fourth-order valence-corrected chi connectivity index (χ4v) is 11.0. The fourth-order valence-electron chi connectivity index (χ4n) is 5.74. The van der Waals surface area contributed by atoms with Crippen LogP contribution in [0.2, 0.25) is 16.6 Å². The second-order valence-electron chi connectivity index (χ2n) is 10.4. The molecule has 1 aliphatic carbocycles. The molecule has 4 heteroatoms. The van der Waals surface area contributed by atoms with Crippen LogP contribution in [0.25, 0.3) is 0 Å². The number of carbonyl (C=O) groups excluding carboxylic acids is 1. The van der Waals surface area contributed by atoms with Crippen LogP contribution in [0.1, 0.15) is 97.5 Å². The van der Waals surface area contributed by atoms with Crippen LogP contribution in [-0.2, 0) is 0 Å². The van der Waals surface area contributed by atoms with Crippen molar-refractivity contribution in [2.24, 2.45) is 11.8 Å². The Bertz CT molecular complexity index is 726. The first kappa shape index (κ1) is 25.7. The van der Waals surface area contributed by atoms with Crippen LogP contribution in [0, 0.1) is 23.3 Å². The summed E-state index contributed by atoms with van der Waals surface area (Å²) < 4.78 is 0. The molecular formula is C27H44N2OSi. The van der Waals surface area contributed by atoms with E-state index in [4.69, 9.17) is 0 Å². The Balaban J connectivity index is 2.30. The van der Waals surface area contributed by atoms with Crippen LogP contribution in [0.3, 0.4) is 0 Å². The normalized spacial score (nSPS) is 21.8. The largest absolute Gasteiger partial charge is 0.347 e. The van der Waals surface area contributed by atoms with Gasteiger partial charge in [-0.2, -0.15) is 0 Å². The van der Waals surface area contributed by atoms with Crippen molar-refractivity contribution in [3.8, 4) is 11.5 Å². The van der Waals surface area contributed by atoms with Crippen LogP contribution < -0.4 is 5.32 Å². The molecule has 1 amide bonds. The van der Waals surface area contributed by atoms with E-state index in [-0.39, 0.29) is 17.9 Å². The second-order valence-corrected chi connectivity index (χ2v) is 16.0. The highest BCUT2D eigenvalue weighted by Gasteiger charge is 2.42. The topological polar surface area (TPSA) is 42.0 Å². The third kappa shape index (κ3) is 6.45. The minimum atomic E-state index is -1.78. The Morgan fingerprint density at radius 1 is 1.13 bits per heavy atom. The molecule has 0 saturated heterocycles. The molecule has 1 aliphatic rings. The molecule has 0 aromatic carbocycles. The zero-order chi connectivity index (χ0) is 23.0. The monoisotopic (exact) mass is 440 g/mol. The number of amides is 1. The van der Waals surface area contributed by atoms with Gasteiger partial charge in [0.25, 0.3) is 5.91 Å². The highest BCUT2D eigenvalue weighted by atomic mass is 28.3. The molecule has 172 valence electrons. The summed E-state index contributed by atoms with van der Waals surface area (Å²) in [6.07, 6.45) is 8.82. The third-order valence-corrected chi connectivity index (χ3v) is 13.8. The number of hydrogen-bond donors (Lipinski definition) is 1. The zero-order valence-corrected chi connectivity index (χ0v) is 21.9. The van der Waals surface area contributed by atoms with Gasteiger partial charge < -0.3 is 5.32 Å². The minimum absolute atomic E-state index is 0.0653. The van der Waals surface area contributed by atoms with Crippen LogP contribution in [-0.4, -0.2) is 25.0 Å². The minimum Gasteiger partial charge on any atom is -0.347 e. The predicted octanol–water partition coefficient (Wildman–Crippen LogP) is 7.01. The van der Waals surface area contributed by atoms with Gasteiger partial charge >= 0.3 is 0 Å². The van der Waals surface area contributed by atoms with Crippen molar-refractivity contribution < 1.29 is 4.79 Å². The van der Waals surface area contributed by atoms with Crippen molar-refractivity contribution in [1.82, 2.24) is 10.3 Å². The van der Waals surface area contributed by atoms with Gasteiger partial charge in [0.2, 0.25) is 0 Å². The number of nitrogens with zero attached hydrogens (tertiary/aromatic N) is 1. The smallest absolute Gasteiger partial charge is 0.270 e. The first-order valence-corrected chi connectivity index (χ1v) is 14.7. The van der Waals surface area contributed by atoms with Gasteiger partial charge in [-0.05, 0) is 53.9 Å². The maximum atomic E-state index is 12.8. The first-order chi connectivity index (χ1) is 14.7. The third-order valence-electron chi connectivity index (χ3n) is 7.48. The maximum Gasteiger partial charge on any atom is 0.270 e. The molecule has 0 aliphatic heterocycles. The van der Waals surface area contributed by atoms with Gasteiger partial charge in [-0.3, -0.25) is 9.78 Å². The molecule has 1 N–H and O–H groups in total. The van der Waals surface area contributed by atoms with Gasteiger partial charge in [-0.1, -0.05) is 73.8 Å². The maximum absolute atomic E-state index is 12.8. The van der Waals surface area contributed by atoms with E-state index in [2.05, 4.69) is 70.2 Å². The lowest BCUT2D eigenvalue weighted by molar-refractivity contribution is 0.0901. The van der Waals surface area contributed by atoms with Gasteiger partial charge in [-0.15, -0.1) is 11.5 Å². The number of hydrogen-bond acceptors (Lipinski definition) is 2. The van der Waals surface area contributed by atoms with E-state index in [1.807, 2.05) is 12.1 Å². The van der Waals surface area contributed by atoms with E-state index >= 15 is 0 Å². The lowest BCUT2D eigenvalue weighted by Gasteiger charge is -2.39. The molecule has 3 nitrogen and oxygen atoms in total. The molecule has 0 spiro atoms. The van der Waals surface area contributed by atoms with Crippen molar-refractivity contribution in [3.05, 3.63) is 30.1 Å². The summed E-state index contributed by atoms with van der Waals surface area (Å²) >= 11 is 0. The van der Waals surface area contributed by atoms with Crippen molar-refractivity contribution >= 4 is 14.0 Å². The van der Waals surface area contributed by atoms with E-state index in [1.54, 1.807) is 12.3 Å². The molecule has 1 heterocycles. The Morgan fingerprint density at radius 3 is 2.35 bits per heavy atom. The number of aromatic nitrogens is 1. The lowest BCUT2D eigenvalue weighted by Crippen LogP contribution is -2.45. The van der Waals surface area contributed by atoms with E-state index < -0.39 is 8.07 Å². The summed E-state index contributed by atoms with van der Waals surface area (Å²) in [7, 11) is -1.78. The molecule has 2 rings (SSSR count). The number of carbonyl (C=O) groups is 1. The summed E-state index contributed by atoms with van der Waals surface area (Å²) in [5, 5.41) is 3.30. The first-order valence-electron chi connectivity index (χ1n) is 12.5. The number of rotatable bonds is 8. The summed E-state index contributed by atoms with van der Waals surface area (Å²) in [6.45, 7) is 16.5. The van der Waals surface area contributed by atoms with Crippen LogP contribution in [0.4, 0.5) is 0 Å². The van der Waals surface area contributed by atoms with E-state index in [0.717, 1.165) is 18.8 Å². The Labute approximate surface area is 192 Å². The molecule has 1 saturated carbocycles. The van der Waals surface area contributed by atoms with Crippen molar-refractivity contribution in [2.75, 3.05) is 0 Å². The average Bonchev–Trinajstić information content (AvgIpc) is 2.73. The number of unbranched alkanes of at least 4 members (excludes halogenated alkanes) is 1. The Kier molecular flexibility index (Phi) is 9.81. The summed E-state index contributed by atoms with van der Waals surface area (Å²) in [4.78, 5) is 17.1. The molecule has 1 aromatic heterocycles. The predicted molar refractivity (Wildman–Crippen MR) is 135 cm³/mol. The van der Waals surface area contributed by atoms with Gasteiger partial charge in [0.05, 0.1) is 0 Å². The molecule has 0 bridgehead atoms. The molecule has 31 heavy (non-hydrogen) atoms. The van der Waals surface area contributed by atoms with E-state index in [1.165, 1.54) is 25.7 Å². The van der Waals surface area contributed by atoms with Gasteiger partial charge in [0.15, 0.2) is 0 Å². The van der Waals surface area contributed by atoms with Crippen molar-refractivity contribution in [3.63, 3.8) is 0 Å². The number of pyridine rings is 1. The van der Waals surface area contributed by atoms with Crippen molar-refractivity contribution in [1.29, 1.82) is 0 Å². The van der Waals surface area contributed by atoms with E-state index in [9.17, 15) is 4.79 Å². The second kappa shape index (κ2) is 11.9. The molecule has 1 aromatic rings. The molecule has 3 atom stereocenters. The van der Waals surface area contributed by atoms with Gasteiger partial charge in [-0.25, -0.2) is 0 Å². The average molecular weight is 441 g/mol. The molecule has 0 radical (unpaired) electrons. The van der Waals surface area contributed by atoms with E-state index in [0.29, 0.717) is 22.3 Å².